The van der Waals surface area contributed by atoms with Crippen molar-refractivity contribution >= 4 is 103 Å². The third kappa shape index (κ3) is 19.0. The molecule has 0 fully saturated rings. The highest BCUT2D eigenvalue weighted by Gasteiger charge is 2.30. The molecule has 7 aromatic carbocycles. The van der Waals surface area contributed by atoms with Gasteiger partial charge in [0.25, 0.3) is 0 Å². The van der Waals surface area contributed by atoms with Crippen LogP contribution in [0.2, 0.25) is 0 Å². The Morgan fingerprint density at radius 3 is 0.823 bits per heavy atom. The standard InChI is InChI=1S/C82H98N6O4S4/c1-5-9-13-17-21-25-57-89-69-45-37-65(38-46-69)87(66-39-47-70(48-40-66)90-58-26-22-18-14-10-6-2)63-33-29-61(30-34-63)73-53-55-75(93-73)77-79-81(85-95-83-79)78(82-80(77)84-96-86-82)76-56-54-74(94-76)62-31-35-64(36-32-62)88(67-41-49-71(50-42-67)91-59-27-23-19-15-11-7-3)68-43-51-72(52-44-68)92-60-28-24-20-16-12-8-4/h29-56,83,85H,5-28,57-60H2,1-4H3. The first-order valence-corrected chi connectivity index (χ1v) is 39.1. The predicted molar refractivity (Wildman–Crippen MR) is 415 cm³/mol. The van der Waals surface area contributed by atoms with Crippen molar-refractivity contribution in [3.05, 3.63) is 170 Å². The predicted octanol–water partition coefficient (Wildman–Crippen LogP) is 26.8. The fourth-order valence-electron chi connectivity index (χ4n) is 12.6. The van der Waals surface area contributed by atoms with Crippen LogP contribution < -0.4 is 38.2 Å². The molecule has 10 aromatic rings. The third-order valence-corrected chi connectivity index (χ3v) is 21.4. The smallest absolute Gasteiger partial charge is 0.119 e. The molecular weight excluding hydrogens is 1260 g/mol. The number of nitrogens with one attached hydrogen (secondary N) is 2. The molecule has 4 heterocycles. The maximum absolute atomic E-state index is 6.24. The molecule has 0 aliphatic carbocycles. The van der Waals surface area contributed by atoms with Crippen LogP contribution in [0.25, 0.3) is 52.8 Å². The van der Waals surface area contributed by atoms with E-state index in [2.05, 4.69) is 217 Å². The number of aromatic nitrogens is 2. The van der Waals surface area contributed by atoms with Gasteiger partial charge in [-0.2, -0.15) is 8.75 Å². The minimum absolute atomic E-state index is 0.737. The molecule has 0 saturated carbocycles. The van der Waals surface area contributed by atoms with Gasteiger partial charge >= 0.3 is 0 Å². The fourth-order valence-corrected chi connectivity index (χ4v) is 15.9. The van der Waals surface area contributed by atoms with Gasteiger partial charge < -0.3 is 38.2 Å². The summed E-state index contributed by atoms with van der Waals surface area (Å²) in [4.78, 5) is 9.24. The SMILES string of the molecule is CCCCCCCCOc1ccc(N(c2ccc(OCCCCCCCC)cc2)c2ccc(-c3ccc(-c4c5c(c(-c6ccc(-c7ccc(N(c8ccc(OCCCCCCCC)cc8)c8ccc(OCCCCCCCC)cc8)cc7)s6)c6nsnc46)NSN5)s3)cc2)cc1. The van der Waals surface area contributed by atoms with E-state index in [-0.39, 0.29) is 0 Å². The summed E-state index contributed by atoms with van der Waals surface area (Å²) in [6, 6.07) is 61.1. The average molecular weight is 1360 g/mol. The summed E-state index contributed by atoms with van der Waals surface area (Å²) in [5.74, 6) is 3.60. The molecule has 14 heteroatoms. The molecule has 504 valence electrons. The number of ether oxygens (including phenoxy) is 4. The zero-order chi connectivity index (χ0) is 65.9. The second kappa shape index (κ2) is 37.3. The zero-order valence-corrected chi connectivity index (χ0v) is 60.3. The number of unbranched alkanes of at least 4 members (excludes halogenated alkanes) is 20. The molecular formula is C82H98N6O4S4. The van der Waals surface area contributed by atoms with Crippen molar-refractivity contribution in [1.29, 1.82) is 0 Å². The van der Waals surface area contributed by atoms with E-state index in [0.717, 1.165) is 164 Å². The van der Waals surface area contributed by atoms with Gasteiger partial charge in [0.2, 0.25) is 0 Å². The lowest BCUT2D eigenvalue weighted by Gasteiger charge is -2.26. The van der Waals surface area contributed by atoms with Crippen molar-refractivity contribution in [2.45, 2.75) is 182 Å². The van der Waals surface area contributed by atoms with Crippen LogP contribution in [0, 0.1) is 0 Å². The highest BCUT2D eigenvalue weighted by atomic mass is 32.2. The van der Waals surface area contributed by atoms with E-state index >= 15 is 0 Å². The van der Waals surface area contributed by atoms with Crippen LogP contribution in [0.1, 0.15) is 182 Å². The summed E-state index contributed by atoms with van der Waals surface area (Å²) in [6.45, 7) is 12.0. The number of hydrogen-bond acceptors (Lipinski definition) is 14. The van der Waals surface area contributed by atoms with E-state index in [4.69, 9.17) is 27.7 Å². The van der Waals surface area contributed by atoms with Crippen LogP contribution in [0.3, 0.4) is 0 Å². The van der Waals surface area contributed by atoms with Gasteiger partial charge in [0, 0.05) is 64.8 Å². The van der Waals surface area contributed by atoms with Crippen LogP contribution in [-0.4, -0.2) is 35.2 Å². The van der Waals surface area contributed by atoms with E-state index in [0.29, 0.717) is 0 Å². The minimum atomic E-state index is 0.737. The van der Waals surface area contributed by atoms with Gasteiger partial charge in [0.05, 0.1) is 61.7 Å². The summed E-state index contributed by atoms with van der Waals surface area (Å²) < 4.78 is 42.3. The van der Waals surface area contributed by atoms with Crippen LogP contribution in [0.15, 0.2) is 170 Å². The minimum Gasteiger partial charge on any atom is -0.494 e. The second-order valence-corrected chi connectivity index (χ2v) is 28.6. The summed E-state index contributed by atoms with van der Waals surface area (Å²) >= 11 is 6.32. The molecule has 2 N–H and O–H groups in total. The molecule has 96 heavy (non-hydrogen) atoms. The van der Waals surface area contributed by atoms with Crippen LogP contribution in [0.5, 0.6) is 23.0 Å². The van der Waals surface area contributed by atoms with Crippen molar-refractivity contribution in [3.8, 4) is 64.8 Å². The molecule has 0 amide bonds. The van der Waals surface area contributed by atoms with E-state index in [9.17, 15) is 0 Å². The third-order valence-electron chi connectivity index (χ3n) is 18.0. The molecule has 0 radical (unpaired) electrons. The van der Waals surface area contributed by atoms with Crippen molar-refractivity contribution in [1.82, 2.24) is 8.75 Å². The van der Waals surface area contributed by atoms with E-state index in [1.165, 1.54) is 162 Å². The highest BCUT2D eigenvalue weighted by molar-refractivity contribution is 8.02. The number of fused-ring (bicyclic) bond motifs is 2. The van der Waals surface area contributed by atoms with Crippen LogP contribution in [0.4, 0.5) is 45.5 Å². The monoisotopic (exact) mass is 1360 g/mol. The van der Waals surface area contributed by atoms with Gasteiger partial charge in [-0.05, 0) is 182 Å². The van der Waals surface area contributed by atoms with Crippen molar-refractivity contribution in [3.63, 3.8) is 0 Å². The Bertz CT molecular complexity index is 3510. The largest absolute Gasteiger partial charge is 0.494 e. The molecule has 1 aliphatic rings. The van der Waals surface area contributed by atoms with Crippen molar-refractivity contribution < 1.29 is 18.9 Å². The average Bonchev–Trinajstić information content (AvgIpc) is 1.55. The molecule has 3 aromatic heterocycles. The van der Waals surface area contributed by atoms with Gasteiger partial charge in [-0.1, -0.05) is 180 Å². The Balaban J connectivity index is 0.800. The lowest BCUT2D eigenvalue weighted by atomic mass is 10.0. The van der Waals surface area contributed by atoms with Gasteiger partial charge in [-0.15, -0.1) is 22.7 Å². The summed E-state index contributed by atoms with van der Waals surface area (Å²) in [7, 11) is 0. The first-order chi connectivity index (χ1) is 47.5. The Labute approximate surface area is 588 Å². The molecule has 10 nitrogen and oxygen atoms in total. The van der Waals surface area contributed by atoms with Gasteiger partial charge in [0.15, 0.2) is 0 Å². The molecule has 0 bridgehead atoms. The Morgan fingerprint density at radius 1 is 0.292 bits per heavy atom. The highest BCUT2D eigenvalue weighted by Crippen LogP contribution is 2.55. The number of nitrogens with zero attached hydrogens (tertiary/aromatic N) is 4. The summed E-state index contributed by atoms with van der Waals surface area (Å²) in [6.07, 6.45) is 29.8. The number of thiophene rings is 2. The molecule has 0 spiro atoms. The summed E-state index contributed by atoms with van der Waals surface area (Å²) in [5, 5.41) is 0. The first kappa shape index (κ1) is 69.8. The molecule has 0 unspecified atom stereocenters. The molecule has 0 saturated heterocycles. The zero-order valence-electron chi connectivity index (χ0n) is 57.0. The van der Waals surface area contributed by atoms with Crippen molar-refractivity contribution in [2.75, 3.05) is 45.7 Å². The molecule has 11 rings (SSSR count). The number of anilines is 8. The van der Waals surface area contributed by atoms with E-state index < -0.39 is 0 Å². The molecule has 0 atom stereocenters. The second-order valence-electron chi connectivity index (χ2n) is 25.3. The maximum Gasteiger partial charge on any atom is 0.119 e. The van der Waals surface area contributed by atoms with Gasteiger partial charge in [-0.25, -0.2) is 0 Å². The van der Waals surface area contributed by atoms with Crippen molar-refractivity contribution in [2.24, 2.45) is 0 Å². The van der Waals surface area contributed by atoms with Gasteiger partial charge in [-0.3, -0.25) is 0 Å². The summed E-state index contributed by atoms with van der Waals surface area (Å²) in [5.41, 5.74) is 14.7. The Morgan fingerprint density at radius 2 is 0.542 bits per heavy atom. The van der Waals surface area contributed by atoms with E-state index in [1.807, 2.05) is 0 Å². The van der Waals surface area contributed by atoms with Crippen LogP contribution in [-0.2, 0) is 0 Å². The van der Waals surface area contributed by atoms with Gasteiger partial charge in [0.1, 0.15) is 34.0 Å². The van der Waals surface area contributed by atoms with Crippen LogP contribution >= 0.6 is 46.5 Å². The number of benzene rings is 7. The topological polar surface area (TPSA) is 93.2 Å². The lowest BCUT2D eigenvalue weighted by Crippen LogP contribution is -2.10. The number of hydrogen-bond donors (Lipinski definition) is 2. The normalized spacial score (nSPS) is 11.8. The maximum atomic E-state index is 6.24. The fraction of sp³-hybridized carbons (Fsp3) is 0.390. The Hall–Kier alpha value is -7.49. The van der Waals surface area contributed by atoms with E-state index in [1.54, 1.807) is 22.7 Å². The Kier molecular flexibility index (Phi) is 27.1. The quantitative estimate of drug-likeness (QED) is 0.0283. The number of rotatable bonds is 42. The molecule has 1 aliphatic heterocycles. The first-order valence-electron chi connectivity index (χ1n) is 35.9. The lowest BCUT2D eigenvalue weighted by molar-refractivity contribution is 0.304.